The molecule has 0 aliphatic heterocycles. The zero-order valence-electron chi connectivity index (χ0n) is 8.57. The molecular formula is C9H9ClFNO4. The van der Waals surface area contributed by atoms with Gasteiger partial charge in [-0.05, 0) is 13.8 Å². The van der Waals surface area contributed by atoms with Crippen molar-refractivity contribution in [2.75, 3.05) is 0 Å². The second kappa shape index (κ2) is 5.09. The monoisotopic (exact) mass is 249 g/mol. The van der Waals surface area contributed by atoms with Gasteiger partial charge in [-0.25, -0.2) is 0 Å². The number of rotatable bonds is 4. The number of nitro benzene ring substituents is 1. The molecule has 0 heterocycles. The molecule has 0 aliphatic rings. The highest BCUT2D eigenvalue weighted by atomic mass is 35.5. The Morgan fingerprint density at radius 2 is 2.12 bits per heavy atom. The third-order valence-corrected chi connectivity index (χ3v) is 1.82. The van der Waals surface area contributed by atoms with Crippen molar-refractivity contribution in [3.05, 3.63) is 33.1 Å². The first kappa shape index (κ1) is 12.7. The molecule has 16 heavy (non-hydrogen) atoms. The normalized spacial score (nSPS) is 10.6. The van der Waals surface area contributed by atoms with Crippen molar-refractivity contribution in [2.45, 2.75) is 20.0 Å². The lowest BCUT2D eigenvalue weighted by atomic mass is 10.3. The summed E-state index contributed by atoms with van der Waals surface area (Å²) < 4.78 is 13.1. The Kier molecular flexibility index (Phi) is 4.03. The van der Waals surface area contributed by atoms with Crippen molar-refractivity contribution < 1.29 is 19.1 Å². The van der Waals surface area contributed by atoms with Crippen LogP contribution in [0.1, 0.15) is 13.8 Å². The third kappa shape index (κ3) is 3.04. The number of benzene rings is 1. The molecule has 0 saturated heterocycles. The van der Waals surface area contributed by atoms with E-state index in [0.717, 1.165) is 12.1 Å². The predicted octanol–water partition coefficient (Wildman–Crippen LogP) is 3.11. The van der Waals surface area contributed by atoms with Crippen molar-refractivity contribution >= 4 is 17.3 Å². The Hall–Kier alpha value is -1.40. The number of hydrogen-bond acceptors (Lipinski definition) is 4. The Labute approximate surface area is 95.8 Å². The van der Waals surface area contributed by atoms with Crippen LogP contribution in [0.25, 0.3) is 0 Å². The molecule has 0 saturated carbocycles. The van der Waals surface area contributed by atoms with E-state index in [1.54, 1.807) is 13.8 Å². The van der Waals surface area contributed by atoms with Gasteiger partial charge in [0.25, 0.3) is 0 Å². The number of nitro groups is 1. The van der Waals surface area contributed by atoms with Gasteiger partial charge in [0.15, 0.2) is 5.75 Å². The van der Waals surface area contributed by atoms with E-state index in [2.05, 4.69) is 0 Å². The molecule has 0 spiro atoms. The summed E-state index contributed by atoms with van der Waals surface area (Å²) in [6.07, 6.45) is -0.250. The minimum atomic E-state index is -1.02. The summed E-state index contributed by atoms with van der Waals surface area (Å²) in [5.41, 5.74) is -0.716. The zero-order valence-corrected chi connectivity index (χ0v) is 9.32. The second-order valence-electron chi connectivity index (χ2n) is 3.22. The molecule has 0 atom stereocenters. The lowest BCUT2D eigenvalue weighted by molar-refractivity contribution is -0.387. The Morgan fingerprint density at radius 3 is 2.62 bits per heavy atom. The van der Waals surface area contributed by atoms with Crippen LogP contribution in [0, 0.1) is 15.9 Å². The van der Waals surface area contributed by atoms with Gasteiger partial charge in [-0.1, -0.05) is 11.6 Å². The molecule has 1 aromatic carbocycles. The Bertz CT molecular complexity index is 411. The highest BCUT2D eigenvalue weighted by molar-refractivity contribution is 6.32. The third-order valence-electron chi connectivity index (χ3n) is 1.53. The Balaban J connectivity index is 3.00. The van der Waals surface area contributed by atoms with Crippen LogP contribution in [-0.4, -0.2) is 11.0 Å². The second-order valence-corrected chi connectivity index (χ2v) is 3.63. The van der Waals surface area contributed by atoms with E-state index in [0.29, 0.717) is 0 Å². The summed E-state index contributed by atoms with van der Waals surface area (Å²) >= 11 is 5.62. The van der Waals surface area contributed by atoms with Crippen molar-refractivity contribution in [1.29, 1.82) is 0 Å². The first-order valence-electron chi connectivity index (χ1n) is 4.38. The van der Waals surface area contributed by atoms with Crippen LogP contribution in [0.5, 0.6) is 5.75 Å². The zero-order chi connectivity index (χ0) is 12.3. The number of halogens is 2. The molecule has 5 nitrogen and oxygen atoms in total. The van der Waals surface area contributed by atoms with E-state index in [4.69, 9.17) is 21.4 Å². The van der Waals surface area contributed by atoms with Gasteiger partial charge in [-0.2, -0.15) is 9.28 Å². The quantitative estimate of drug-likeness (QED) is 0.467. The average Bonchev–Trinajstić information content (AvgIpc) is 2.15. The van der Waals surface area contributed by atoms with Crippen LogP contribution in [-0.2, 0) is 4.89 Å². The first-order chi connectivity index (χ1) is 7.41. The van der Waals surface area contributed by atoms with Crippen molar-refractivity contribution in [3.8, 4) is 5.75 Å². The number of hydrogen-bond donors (Lipinski definition) is 0. The van der Waals surface area contributed by atoms with Crippen LogP contribution in [0.3, 0.4) is 0 Å². The number of nitrogens with zero attached hydrogens (tertiary/aromatic N) is 1. The van der Waals surface area contributed by atoms with Gasteiger partial charge in [-0.15, -0.1) is 0 Å². The molecule has 1 aromatic rings. The van der Waals surface area contributed by atoms with Crippen LogP contribution in [0.4, 0.5) is 10.1 Å². The van der Waals surface area contributed by atoms with Crippen LogP contribution >= 0.6 is 11.6 Å². The van der Waals surface area contributed by atoms with E-state index >= 15 is 0 Å². The molecule has 0 aromatic heterocycles. The van der Waals surface area contributed by atoms with Crippen molar-refractivity contribution in [3.63, 3.8) is 0 Å². The maximum Gasteiger partial charge on any atom is 0.308 e. The van der Waals surface area contributed by atoms with Crippen molar-refractivity contribution in [1.82, 2.24) is 0 Å². The molecule has 0 unspecified atom stereocenters. The smallest absolute Gasteiger partial charge is 0.308 e. The summed E-state index contributed by atoms with van der Waals surface area (Å²) in [5, 5.41) is 10.4. The summed E-state index contributed by atoms with van der Waals surface area (Å²) in [7, 11) is 0. The average molecular weight is 250 g/mol. The maximum absolute atomic E-state index is 13.1. The van der Waals surface area contributed by atoms with E-state index in [1.807, 2.05) is 0 Å². The lowest BCUT2D eigenvalue weighted by Gasteiger charge is -2.08. The molecule has 0 aliphatic carbocycles. The SMILES string of the molecule is CC(C)OOc1cc([N+](=O)[O-])c(F)cc1Cl. The maximum atomic E-state index is 13.1. The van der Waals surface area contributed by atoms with E-state index in [1.165, 1.54) is 0 Å². The molecular weight excluding hydrogens is 241 g/mol. The first-order valence-corrected chi connectivity index (χ1v) is 4.76. The molecule has 0 amide bonds. The van der Waals surface area contributed by atoms with Crippen LogP contribution in [0.15, 0.2) is 12.1 Å². The van der Waals surface area contributed by atoms with Gasteiger partial charge in [0.2, 0.25) is 5.82 Å². The molecule has 0 N–H and O–H groups in total. The summed E-state index contributed by atoms with van der Waals surface area (Å²) in [6.45, 7) is 3.40. The van der Waals surface area contributed by atoms with Gasteiger partial charge >= 0.3 is 5.69 Å². The van der Waals surface area contributed by atoms with Gasteiger partial charge in [0, 0.05) is 6.07 Å². The van der Waals surface area contributed by atoms with Crippen LogP contribution in [0.2, 0.25) is 5.02 Å². The minimum absolute atomic E-state index is 0.0937. The molecule has 7 heteroatoms. The predicted molar refractivity (Wildman–Crippen MR) is 54.9 cm³/mol. The van der Waals surface area contributed by atoms with Gasteiger partial charge in [-0.3, -0.25) is 10.1 Å². The minimum Gasteiger partial charge on any atom is -0.335 e. The summed E-state index contributed by atoms with van der Waals surface area (Å²) in [6, 6.07) is 1.68. The van der Waals surface area contributed by atoms with E-state index in [-0.39, 0.29) is 16.9 Å². The molecule has 1 rings (SSSR count). The summed E-state index contributed by atoms with van der Waals surface area (Å²) in [4.78, 5) is 19.1. The van der Waals surface area contributed by atoms with E-state index < -0.39 is 16.4 Å². The highest BCUT2D eigenvalue weighted by Crippen LogP contribution is 2.31. The molecule has 0 fully saturated rings. The van der Waals surface area contributed by atoms with Crippen molar-refractivity contribution in [2.24, 2.45) is 0 Å². The van der Waals surface area contributed by atoms with E-state index in [9.17, 15) is 14.5 Å². The topological polar surface area (TPSA) is 61.6 Å². The molecule has 0 radical (unpaired) electrons. The Morgan fingerprint density at radius 1 is 1.50 bits per heavy atom. The molecule has 0 bridgehead atoms. The standard InChI is InChI=1S/C9H9ClFNO4/c1-5(2)15-16-9-4-8(12(13)14)7(11)3-6(9)10/h3-5H,1-2H3. The fraction of sp³-hybridized carbons (Fsp3) is 0.333. The van der Waals surface area contributed by atoms with Gasteiger partial charge < -0.3 is 4.89 Å². The molecule has 88 valence electrons. The fourth-order valence-electron chi connectivity index (χ4n) is 0.870. The fourth-order valence-corrected chi connectivity index (χ4v) is 1.05. The van der Waals surface area contributed by atoms with Crippen LogP contribution < -0.4 is 4.89 Å². The van der Waals surface area contributed by atoms with Gasteiger partial charge in [0.1, 0.15) is 0 Å². The summed E-state index contributed by atoms with van der Waals surface area (Å²) in [5.74, 6) is -1.12. The van der Waals surface area contributed by atoms with Gasteiger partial charge in [0.05, 0.1) is 22.1 Å². The lowest BCUT2D eigenvalue weighted by Crippen LogP contribution is -2.07. The largest absolute Gasteiger partial charge is 0.335 e. The highest BCUT2D eigenvalue weighted by Gasteiger charge is 2.19.